The van der Waals surface area contributed by atoms with E-state index >= 15 is 0 Å². The molecule has 198 valence electrons. The van der Waals surface area contributed by atoms with Crippen molar-refractivity contribution in [2.24, 2.45) is 0 Å². The summed E-state index contributed by atoms with van der Waals surface area (Å²) in [5.74, 6) is -0.967. The van der Waals surface area contributed by atoms with Gasteiger partial charge in [-0.05, 0) is 62.4 Å². The summed E-state index contributed by atoms with van der Waals surface area (Å²) >= 11 is 0. The van der Waals surface area contributed by atoms with Crippen LogP contribution in [0.3, 0.4) is 0 Å². The van der Waals surface area contributed by atoms with Gasteiger partial charge in [-0.3, -0.25) is 9.10 Å². The lowest BCUT2D eigenvalue weighted by Gasteiger charge is -2.22. The molecule has 10 nitrogen and oxygen atoms in total. The van der Waals surface area contributed by atoms with Gasteiger partial charge in [-0.2, -0.15) is 13.2 Å². The molecule has 0 saturated heterocycles. The third-order valence-corrected chi connectivity index (χ3v) is 7.29. The van der Waals surface area contributed by atoms with Crippen LogP contribution in [0.25, 0.3) is 0 Å². The molecule has 2 aromatic carbocycles. The second kappa shape index (κ2) is 10.3. The number of aryl methyl sites for hydroxylation is 2. The number of rotatable bonds is 8. The summed E-state index contributed by atoms with van der Waals surface area (Å²) in [4.78, 5) is 20.4. The average molecular weight is 558 g/mol. The fourth-order valence-corrected chi connectivity index (χ4v) is 5.03. The lowest BCUT2D eigenvalue weighted by Crippen LogP contribution is -2.37. The van der Waals surface area contributed by atoms with E-state index in [1.165, 1.54) is 24.3 Å². The second-order valence-electron chi connectivity index (χ2n) is 7.97. The number of anilines is 3. The molecule has 0 saturated carbocycles. The lowest BCUT2D eigenvalue weighted by molar-refractivity contribution is -0.137. The Morgan fingerprint density at radius 2 is 1.54 bits per heavy atom. The number of nitrogens with one attached hydrogen (secondary N) is 2. The van der Waals surface area contributed by atoms with Gasteiger partial charge < -0.3 is 5.32 Å². The molecule has 15 heteroatoms. The van der Waals surface area contributed by atoms with Crippen LogP contribution in [0.15, 0.2) is 59.5 Å². The van der Waals surface area contributed by atoms with Crippen molar-refractivity contribution in [3.05, 3.63) is 71.5 Å². The van der Waals surface area contributed by atoms with Crippen LogP contribution in [0, 0.1) is 13.8 Å². The van der Waals surface area contributed by atoms with E-state index in [1.807, 2.05) is 0 Å². The number of hydrogen-bond donors (Lipinski definition) is 2. The Bertz CT molecular complexity index is 1510. The zero-order valence-corrected chi connectivity index (χ0v) is 21.4. The number of carbonyl (C=O) groups is 1. The highest BCUT2D eigenvalue weighted by Gasteiger charge is 2.32. The average Bonchev–Trinajstić information content (AvgIpc) is 2.75. The maximum Gasteiger partial charge on any atom is 0.416 e. The van der Waals surface area contributed by atoms with E-state index in [-0.39, 0.29) is 22.2 Å². The fraction of sp³-hybridized carbons (Fsp3) is 0.227. The predicted octanol–water partition coefficient (Wildman–Crippen LogP) is 3.32. The van der Waals surface area contributed by atoms with Gasteiger partial charge in [-0.25, -0.2) is 31.5 Å². The number of nitrogens with zero attached hydrogens (tertiary/aromatic N) is 3. The quantitative estimate of drug-likeness (QED) is 0.433. The Morgan fingerprint density at radius 3 is 2.08 bits per heavy atom. The van der Waals surface area contributed by atoms with Gasteiger partial charge in [0.05, 0.1) is 22.4 Å². The third kappa shape index (κ3) is 7.39. The molecular formula is C22H22F3N5O5S2. The highest BCUT2D eigenvalue weighted by atomic mass is 32.2. The Balaban J connectivity index is 1.75. The number of halogens is 3. The lowest BCUT2D eigenvalue weighted by atomic mass is 10.2. The first-order valence-corrected chi connectivity index (χ1v) is 13.8. The molecule has 0 fully saturated rings. The molecule has 2 N–H and O–H groups in total. The van der Waals surface area contributed by atoms with E-state index in [0.29, 0.717) is 21.8 Å². The molecule has 37 heavy (non-hydrogen) atoms. The highest BCUT2D eigenvalue weighted by molar-refractivity contribution is 7.92. The molecule has 0 aliphatic carbocycles. The normalized spacial score (nSPS) is 12.2. The van der Waals surface area contributed by atoms with Gasteiger partial charge in [0.2, 0.25) is 21.9 Å². The van der Waals surface area contributed by atoms with Crippen LogP contribution in [-0.4, -0.2) is 45.5 Å². The van der Waals surface area contributed by atoms with Crippen LogP contribution < -0.4 is 14.3 Å². The van der Waals surface area contributed by atoms with Crippen molar-refractivity contribution in [1.29, 1.82) is 0 Å². The van der Waals surface area contributed by atoms with Crippen molar-refractivity contribution in [3.8, 4) is 0 Å². The van der Waals surface area contributed by atoms with E-state index in [2.05, 4.69) is 20.0 Å². The molecule has 1 aromatic heterocycles. The molecule has 1 heterocycles. The molecule has 0 unspecified atom stereocenters. The monoisotopic (exact) mass is 557 g/mol. The van der Waals surface area contributed by atoms with Crippen LogP contribution >= 0.6 is 0 Å². The van der Waals surface area contributed by atoms with Crippen molar-refractivity contribution in [3.63, 3.8) is 0 Å². The minimum absolute atomic E-state index is 0.106. The molecule has 0 spiro atoms. The van der Waals surface area contributed by atoms with Crippen molar-refractivity contribution >= 4 is 43.3 Å². The zero-order valence-electron chi connectivity index (χ0n) is 19.7. The predicted molar refractivity (Wildman–Crippen MR) is 131 cm³/mol. The van der Waals surface area contributed by atoms with Gasteiger partial charge in [-0.1, -0.05) is 6.07 Å². The van der Waals surface area contributed by atoms with Crippen LogP contribution in [0.4, 0.5) is 30.5 Å². The Labute approximate surface area is 211 Å². The molecule has 0 bridgehead atoms. The summed E-state index contributed by atoms with van der Waals surface area (Å²) in [6.07, 6.45) is -3.95. The minimum Gasteiger partial charge on any atom is -0.325 e. The largest absolute Gasteiger partial charge is 0.416 e. The van der Waals surface area contributed by atoms with E-state index < -0.39 is 44.2 Å². The highest BCUT2D eigenvalue weighted by Crippen LogP contribution is 2.32. The topological polar surface area (TPSA) is 138 Å². The Hall–Kier alpha value is -3.72. The maximum absolute atomic E-state index is 13.1. The smallest absolute Gasteiger partial charge is 0.325 e. The number of aromatic nitrogens is 2. The summed E-state index contributed by atoms with van der Waals surface area (Å²) in [7, 11) is -8.17. The van der Waals surface area contributed by atoms with Crippen LogP contribution in [0.1, 0.15) is 17.0 Å². The number of alkyl halides is 3. The van der Waals surface area contributed by atoms with Crippen molar-refractivity contribution < 1.29 is 34.8 Å². The van der Waals surface area contributed by atoms with Gasteiger partial charge >= 0.3 is 6.18 Å². The Morgan fingerprint density at radius 1 is 0.946 bits per heavy atom. The third-order valence-electron chi connectivity index (χ3n) is 4.81. The van der Waals surface area contributed by atoms with E-state index in [1.54, 1.807) is 19.9 Å². The van der Waals surface area contributed by atoms with Gasteiger partial charge in [0.25, 0.3) is 10.0 Å². The maximum atomic E-state index is 13.1. The molecule has 1 amide bonds. The molecule has 3 aromatic rings. The molecule has 0 radical (unpaired) electrons. The van der Waals surface area contributed by atoms with Gasteiger partial charge in [0.1, 0.15) is 6.54 Å². The van der Waals surface area contributed by atoms with Gasteiger partial charge in [-0.15, -0.1) is 0 Å². The molecule has 0 atom stereocenters. The van der Waals surface area contributed by atoms with E-state index in [0.717, 1.165) is 24.5 Å². The van der Waals surface area contributed by atoms with Crippen molar-refractivity contribution in [2.45, 2.75) is 24.9 Å². The summed E-state index contributed by atoms with van der Waals surface area (Å²) in [5, 5.41) is 2.40. The first-order valence-electron chi connectivity index (χ1n) is 10.4. The van der Waals surface area contributed by atoms with Crippen molar-refractivity contribution in [2.75, 3.05) is 27.1 Å². The van der Waals surface area contributed by atoms with Crippen molar-refractivity contribution in [1.82, 2.24) is 9.97 Å². The number of amides is 1. The first kappa shape index (κ1) is 27.9. The van der Waals surface area contributed by atoms with E-state index in [9.17, 15) is 34.8 Å². The Kier molecular flexibility index (Phi) is 7.78. The first-order chi connectivity index (χ1) is 17.0. The zero-order chi connectivity index (χ0) is 27.6. The second-order valence-corrected chi connectivity index (χ2v) is 11.6. The summed E-state index contributed by atoms with van der Waals surface area (Å²) in [6.45, 7) is 2.55. The van der Waals surface area contributed by atoms with Crippen LogP contribution in [0.5, 0.6) is 0 Å². The number of carbonyl (C=O) groups excluding carboxylic acids is 1. The molecule has 0 aliphatic rings. The van der Waals surface area contributed by atoms with E-state index in [4.69, 9.17) is 0 Å². The van der Waals surface area contributed by atoms with Gasteiger partial charge in [0, 0.05) is 17.1 Å². The summed E-state index contributed by atoms with van der Waals surface area (Å²) in [5.41, 5.74) is -0.151. The van der Waals surface area contributed by atoms with Gasteiger partial charge in [0.15, 0.2) is 0 Å². The number of benzene rings is 2. The molecule has 3 rings (SSSR count). The van der Waals surface area contributed by atoms with Crippen LogP contribution in [-0.2, 0) is 31.0 Å². The fourth-order valence-electron chi connectivity index (χ4n) is 3.24. The molecular weight excluding hydrogens is 535 g/mol. The summed E-state index contributed by atoms with van der Waals surface area (Å²) in [6, 6.07) is 10.2. The SMILES string of the molecule is Cc1cc(C)nc(NS(=O)(=O)c2ccc(NC(=O)CN(c3cccc(C(F)(F)F)c3)S(C)(=O)=O)cc2)n1. The standard InChI is InChI=1S/C22H22F3N5O5S2/c1-14-11-15(2)27-21(26-14)29-37(34,35)19-9-7-17(8-10-19)28-20(31)13-30(36(3,32)33)18-6-4-5-16(12-18)22(23,24)25/h4-12H,13H2,1-3H3,(H,28,31)(H,26,27,29). The number of hydrogen-bond acceptors (Lipinski definition) is 7. The number of sulfonamides is 2. The summed E-state index contributed by atoms with van der Waals surface area (Å²) < 4.78 is 91.6. The minimum atomic E-state index is -4.71. The van der Waals surface area contributed by atoms with Crippen LogP contribution in [0.2, 0.25) is 0 Å². The molecule has 0 aliphatic heterocycles.